The second-order valence-electron chi connectivity index (χ2n) is 6.77. The minimum absolute atomic E-state index is 0.0362. The zero-order valence-electron chi connectivity index (χ0n) is 13.8. The maximum Gasteiger partial charge on any atom is 0.335 e. The molecule has 6 nitrogen and oxygen atoms in total. The number of rotatable bonds is 3. The van der Waals surface area contributed by atoms with E-state index in [-0.39, 0.29) is 29.3 Å². The molecule has 2 N–H and O–H groups in total. The molecule has 1 saturated carbocycles. The monoisotopic (exact) mass is 330 g/mol. The average molecular weight is 330 g/mol. The molecular formula is C18H22N2O4. The fourth-order valence-electron chi connectivity index (χ4n) is 3.98. The number of hydrogen-bond acceptors (Lipinski definition) is 3. The van der Waals surface area contributed by atoms with E-state index in [0.29, 0.717) is 6.54 Å². The molecule has 3 rings (SSSR count). The Morgan fingerprint density at radius 3 is 2.54 bits per heavy atom. The Morgan fingerprint density at radius 1 is 1.21 bits per heavy atom. The second-order valence-corrected chi connectivity index (χ2v) is 6.77. The van der Waals surface area contributed by atoms with Crippen LogP contribution in [0, 0.1) is 0 Å². The van der Waals surface area contributed by atoms with Gasteiger partial charge in [-0.3, -0.25) is 9.59 Å². The number of aromatic carboxylic acids is 1. The number of fused-ring (bicyclic) bond motifs is 2. The van der Waals surface area contributed by atoms with Crippen LogP contribution in [0.5, 0.6) is 0 Å². The van der Waals surface area contributed by atoms with Crippen LogP contribution < -0.4 is 10.2 Å². The Labute approximate surface area is 140 Å². The molecule has 24 heavy (non-hydrogen) atoms. The van der Waals surface area contributed by atoms with Crippen LogP contribution in [0.3, 0.4) is 0 Å². The van der Waals surface area contributed by atoms with Crippen molar-refractivity contribution in [1.82, 2.24) is 5.32 Å². The molecule has 1 aliphatic heterocycles. The van der Waals surface area contributed by atoms with Gasteiger partial charge < -0.3 is 15.3 Å². The lowest BCUT2D eigenvalue weighted by Gasteiger charge is -2.34. The largest absolute Gasteiger partial charge is 0.478 e. The molecule has 1 aromatic carbocycles. The average Bonchev–Trinajstić information content (AvgIpc) is 2.87. The molecule has 0 bridgehead atoms. The van der Waals surface area contributed by atoms with Crippen LogP contribution in [0.2, 0.25) is 0 Å². The van der Waals surface area contributed by atoms with Gasteiger partial charge in [0.15, 0.2) is 0 Å². The summed E-state index contributed by atoms with van der Waals surface area (Å²) in [7, 11) is 0. The third-order valence-corrected chi connectivity index (χ3v) is 5.17. The van der Waals surface area contributed by atoms with Gasteiger partial charge in [-0.1, -0.05) is 19.3 Å². The van der Waals surface area contributed by atoms with Crippen molar-refractivity contribution < 1.29 is 19.5 Å². The highest BCUT2D eigenvalue weighted by atomic mass is 16.4. The summed E-state index contributed by atoms with van der Waals surface area (Å²) in [5, 5.41) is 11.8. The number of carbonyl (C=O) groups is 3. The Bertz CT molecular complexity index is 692. The second kappa shape index (κ2) is 6.26. The molecule has 0 radical (unpaired) electrons. The van der Waals surface area contributed by atoms with Gasteiger partial charge >= 0.3 is 5.97 Å². The molecule has 0 saturated heterocycles. The summed E-state index contributed by atoms with van der Waals surface area (Å²) in [6.07, 6.45) is 5.28. The zero-order valence-corrected chi connectivity index (χ0v) is 13.8. The van der Waals surface area contributed by atoms with Crippen LogP contribution in [0.25, 0.3) is 0 Å². The molecule has 1 fully saturated rings. The summed E-state index contributed by atoms with van der Waals surface area (Å²) in [5.74, 6) is -1.35. The lowest BCUT2D eigenvalue weighted by atomic mass is 9.70. The number of nitrogens with one attached hydrogen (secondary N) is 1. The molecule has 1 aromatic rings. The quantitative estimate of drug-likeness (QED) is 0.888. The van der Waals surface area contributed by atoms with E-state index in [1.54, 1.807) is 23.1 Å². The molecule has 2 amide bonds. The Morgan fingerprint density at radius 2 is 1.92 bits per heavy atom. The zero-order chi connectivity index (χ0) is 17.3. The summed E-state index contributed by atoms with van der Waals surface area (Å²) in [5.41, 5.74) is 1.87. The van der Waals surface area contributed by atoms with Gasteiger partial charge in [-0.15, -0.1) is 0 Å². The van der Waals surface area contributed by atoms with Gasteiger partial charge in [0.05, 0.1) is 12.1 Å². The van der Waals surface area contributed by atoms with E-state index in [4.69, 9.17) is 0 Å². The van der Waals surface area contributed by atoms with Gasteiger partial charge in [-0.05, 0) is 36.6 Å². The molecule has 1 spiro atoms. The van der Waals surface area contributed by atoms with Crippen molar-refractivity contribution in [2.75, 3.05) is 18.0 Å². The first-order chi connectivity index (χ1) is 11.4. The van der Waals surface area contributed by atoms with E-state index >= 15 is 0 Å². The van der Waals surface area contributed by atoms with E-state index in [9.17, 15) is 19.5 Å². The highest BCUT2D eigenvalue weighted by Gasteiger charge is 2.45. The Kier molecular flexibility index (Phi) is 4.30. The summed E-state index contributed by atoms with van der Waals surface area (Å²) in [4.78, 5) is 36.7. The smallest absolute Gasteiger partial charge is 0.335 e. The molecule has 0 atom stereocenters. The van der Waals surface area contributed by atoms with Gasteiger partial charge in [0.1, 0.15) is 0 Å². The number of amides is 2. The molecule has 0 aromatic heterocycles. The van der Waals surface area contributed by atoms with Gasteiger partial charge in [-0.25, -0.2) is 4.79 Å². The van der Waals surface area contributed by atoms with Crippen molar-refractivity contribution in [2.24, 2.45) is 0 Å². The van der Waals surface area contributed by atoms with Crippen molar-refractivity contribution in [2.45, 2.75) is 44.4 Å². The van der Waals surface area contributed by atoms with Crippen molar-refractivity contribution in [3.05, 3.63) is 29.3 Å². The first-order valence-electron chi connectivity index (χ1n) is 8.36. The maximum absolute atomic E-state index is 12.6. The highest BCUT2D eigenvalue weighted by Crippen LogP contribution is 2.49. The van der Waals surface area contributed by atoms with Crippen LogP contribution in [0.1, 0.15) is 54.9 Å². The Hall–Kier alpha value is -2.37. The van der Waals surface area contributed by atoms with Gasteiger partial charge in [0.25, 0.3) is 0 Å². The standard InChI is InChI=1S/C18H22N2O4/c1-12(21)19-10-16(22)20-11-18(7-3-2-4-8-18)14-9-13(17(23)24)5-6-15(14)20/h5-6,9H,2-4,7-8,10-11H2,1H3,(H,19,21)(H,23,24). The van der Waals surface area contributed by atoms with Gasteiger partial charge in [-0.2, -0.15) is 0 Å². The van der Waals surface area contributed by atoms with Crippen molar-refractivity contribution >= 4 is 23.5 Å². The molecular weight excluding hydrogens is 308 g/mol. The van der Waals surface area contributed by atoms with Crippen molar-refractivity contribution in [3.8, 4) is 0 Å². The van der Waals surface area contributed by atoms with E-state index in [1.807, 2.05) is 0 Å². The van der Waals surface area contributed by atoms with E-state index in [2.05, 4.69) is 5.32 Å². The summed E-state index contributed by atoms with van der Waals surface area (Å²) in [6.45, 7) is 1.92. The van der Waals surface area contributed by atoms with Gasteiger partial charge in [0, 0.05) is 24.6 Å². The number of hydrogen-bond donors (Lipinski definition) is 2. The van der Waals surface area contributed by atoms with Crippen molar-refractivity contribution in [3.63, 3.8) is 0 Å². The van der Waals surface area contributed by atoms with Crippen LogP contribution in [0.4, 0.5) is 5.69 Å². The molecule has 1 heterocycles. The van der Waals surface area contributed by atoms with E-state index < -0.39 is 5.97 Å². The number of carboxylic acid groups (broad SMARTS) is 1. The number of carboxylic acids is 1. The normalized spacial score (nSPS) is 18.3. The predicted molar refractivity (Wildman–Crippen MR) is 89.2 cm³/mol. The molecule has 2 aliphatic rings. The maximum atomic E-state index is 12.6. The number of nitrogens with zero attached hydrogens (tertiary/aromatic N) is 1. The molecule has 6 heteroatoms. The lowest BCUT2D eigenvalue weighted by molar-refractivity contribution is -0.123. The number of benzene rings is 1. The van der Waals surface area contributed by atoms with E-state index in [0.717, 1.165) is 36.9 Å². The minimum Gasteiger partial charge on any atom is -0.478 e. The molecule has 128 valence electrons. The lowest BCUT2D eigenvalue weighted by Crippen LogP contribution is -2.42. The number of carbonyl (C=O) groups excluding carboxylic acids is 2. The highest BCUT2D eigenvalue weighted by molar-refractivity contribution is 6.00. The van der Waals surface area contributed by atoms with Crippen LogP contribution >= 0.6 is 0 Å². The van der Waals surface area contributed by atoms with Crippen LogP contribution in [0.15, 0.2) is 18.2 Å². The predicted octanol–water partition coefficient (Wildman–Crippen LogP) is 2.07. The summed E-state index contributed by atoms with van der Waals surface area (Å²) in [6, 6.07) is 5.00. The fraction of sp³-hybridized carbons (Fsp3) is 0.500. The van der Waals surface area contributed by atoms with Crippen LogP contribution in [-0.4, -0.2) is 36.0 Å². The van der Waals surface area contributed by atoms with Crippen molar-refractivity contribution in [1.29, 1.82) is 0 Å². The van der Waals surface area contributed by atoms with Crippen LogP contribution in [-0.2, 0) is 15.0 Å². The summed E-state index contributed by atoms with van der Waals surface area (Å²) < 4.78 is 0. The Balaban J connectivity index is 1.97. The summed E-state index contributed by atoms with van der Waals surface area (Å²) >= 11 is 0. The first kappa shape index (κ1) is 16.5. The molecule has 0 unspecified atom stereocenters. The fourth-order valence-corrected chi connectivity index (χ4v) is 3.98. The van der Waals surface area contributed by atoms with Gasteiger partial charge in [0.2, 0.25) is 11.8 Å². The SMILES string of the molecule is CC(=O)NCC(=O)N1CC2(CCCCC2)c2cc(C(=O)O)ccc21. The minimum atomic E-state index is -0.952. The van der Waals surface area contributed by atoms with E-state index in [1.165, 1.54) is 13.3 Å². The number of anilines is 1. The molecule has 1 aliphatic carbocycles. The first-order valence-corrected chi connectivity index (χ1v) is 8.36. The third-order valence-electron chi connectivity index (χ3n) is 5.17. The third kappa shape index (κ3) is 2.88. The topological polar surface area (TPSA) is 86.7 Å².